The molecule has 0 aliphatic heterocycles. The van der Waals surface area contributed by atoms with Crippen molar-refractivity contribution in [3.8, 4) is 11.8 Å². The predicted octanol–water partition coefficient (Wildman–Crippen LogP) is 2.94. The highest BCUT2D eigenvalue weighted by atomic mass is 16.5. The van der Waals surface area contributed by atoms with Crippen LogP contribution >= 0.6 is 0 Å². The maximum Gasteiger partial charge on any atom is 0.303 e. The molecule has 0 fully saturated rings. The van der Waals surface area contributed by atoms with Crippen LogP contribution in [0.5, 0.6) is 5.75 Å². The number of benzene rings is 1. The van der Waals surface area contributed by atoms with Crippen molar-refractivity contribution in [3.05, 3.63) is 30.0 Å². The van der Waals surface area contributed by atoms with E-state index < -0.39 is 5.97 Å². The number of furan rings is 1. The van der Waals surface area contributed by atoms with Crippen molar-refractivity contribution in [1.29, 1.82) is 5.26 Å². The second kappa shape index (κ2) is 5.91. The lowest BCUT2D eigenvalue weighted by Crippen LogP contribution is -2.00. The maximum atomic E-state index is 10.4. The van der Waals surface area contributed by atoms with Crippen LogP contribution in [-0.4, -0.2) is 17.7 Å². The van der Waals surface area contributed by atoms with E-state index in [4.69, 9.17) is 19.5 Å². The van der Waals surface area contributed by atoms with E-state index in [1.165, 1.54) is 0 Å². The van der Waals surface area contributed by atoms with E-state index in [-0.39, 0.29) is 12.2 Å². The van der Waals surface area contributed by atoms with Crippen LogP contribution in [0.25, 0.3) is 11.0 Å². The highest BCUT2D eigenvalue weighted by Gasteiger charge is 2.14. The van der Waals surface area contributed by atoms with Gasteiger partial charge < -0.3 is 14.3 Å². The number of ether oxygens (including phenoxy) is 1. The molecule has 1 aromatic carbocycles. The molecule has 0 saturated heterocycles. The maximum absolute atomic E-state index is 10.4. The molecule has 1 heterocycles. The fourth-order valence-electron chi connectivity index (χ4n) is 1.79. The Morgan fingerprint density at radius 2 is 2.16 bits per heavy atom. The van der Waals surface area contributed by atoms with Gasteiger partial charge in [-0.25, -0.2) is 0 Å². The Morgan fingerprint density at radius 1 is 1.37 bits per heavy atom. The van der Waals surface area contributed by atoms with Crippen LogP contribution in [0, 0.1) is 11.3 Å². The molecule has 98 valence electrons. The van der Waals surface area contributed by atoms with Gasteiger partial charge in [0.2, 0.25) is 5.76 Å². The van der Waals surface area contributed by atoms with Gasteiger partial charge in [-0.1, -0.05) is 12.1 Å². The summed E-state index contributed by atoms with van der Waals surface area (Å²) in [7, 11) is 0. The molecule has 0 aliphatic rings. The minimum atomic E-state index is -0.813. The number of para-hydroxylation sites is 1. The summed E-state index contributed by atoms with van der Waals surface area (Å²) < 4.78 is 10.9. The summed E-state index contributed by atoms with van der Waals surface area (Å²) in [6.07, 6.45) is 1.30. The fourth-order valence-corrected chi connectivity index (χ4v) is 1.79. The van der Waals surface area contributed by atoms with Crippen molar-refractivity contribution >= 4 is 16.9 Å². The van der Waals surface area contributed by atoms with Crippen molar-refractivity contribution in [2.75, 3.05) is 6.61 Å². The Hall–Kier alpha value is -2.48. The first-order chi connectivity index (χ1) is 9.22. The molecule has 0 amide bonds. The lowest BCUT2D eigenvalue weighted by atomic mass is 10.2. The molecule has 5 nitrogen and oxygen atoms in total. The Labute approximate surface area is 110 Å². The summed E-state index contributed by atoms with van der Waals surface area (Å²) in [5.74, 6) is -0.223. The highest BCUT2D eigenvalue weighted by molar-refractivity contribution is 5.86. The summed E-state index contributed by atoms with van der Waals surface area (Å²) >= 11 is 0. The molecule has 1 N–H and O–H groups in total. The molecule has 0 unspecified atom stereocenters. The van der Waals surface area contributed by atoms with Gasteiger partial charge in [0.25, 0.3) is 0 Å². The quantitative estimate of drug-likeness (QED) is 0.806. The number of hydrogen-bond acceptors (Lipinski definition) is 4. The SMILES string of the molecule is N#Cc1oc2ccccc2c1OCCCCC(=O)O. The van der Waals surface area contributed by atoms with Crippen LogP contribution in [0.15, 0.2) is 28.7 Å². The van der Waals surface area contributed by atoms with Crippen LogP contribution in [0.2, 0.25) is 0 Å². The Balaban J connectivity index is 2.03. The number of aliphatic carboxylic acids is 1. The predicted molar refractivity (Wildman–Crippen MR) is 67.9 cm³/mol. The second-order valence-electron chi connectivity index (χ2n) is 4.07. The Morgan fingerprint density at radius 3 is 2.89 bits per heavy atom. The van der Waals surface area contributed by atoms with Gasteiger partial charge in [0.15, 0.2) is 5.75 Å². The monoisotopic (exact) mass is 259 g/mol. The molecule has 0 radical (unpaired) electrons. The second-order valence-corrected chi connectivity index (χ2v) is 4.07. The van der Waals surface area contributed by atoms with Gasteiger partial charge >= 0.3 is 5.97 Å². The van der Waals surface area contributed by atoms with Crippen LogP contribution < -0.4 is 4.74 Å². The topological polar surface area (TPSA) is 83.5 Å². The summed E-state index contributed by atoms with van der Waals surface area (Å²) in [5.41, 5.74) is 0.611. The smallest absolute Gasteiger partial charge is 0.303 e. The van der Waals surface area contributed by atoms with Gasteiger partial charge in [-0.15, -0.1) is 0 Å². The van der Waals surface area contributed by atoms with Crippen LogP contribution in [0.3, 0.4) is 0 Å². The van der Waals surface area contributed by atoms with Crippen molar-refractivity contribution < 1.29 is 19.1 Å². The number of nitrogens with zero attached hydrogens (tertiary/aromatic N) is 1. The van der Waals surface area contributed by atoms with Crippen LogP contribution in [-0.2, 0) is 4.79 Å². The van der Waals surface area contributed by atoms with E-state index in [0.717, 1.165) is 5.39 Å². The number of carbonyl (C=O) groups is 1. The van der Waals surface area contributed by atoms with Crippen molar-refractivity contribution in [3.63, 3.8) is 0 Å². The third-order valence-electron chi connectivity index (χ3n) is 2.68. The summed E-state index contributed by atoms with van der Waals surface area (Å²) in [4.78, 5) is 10.4. The van der Waals surface area contributed by atoms with E-state index >= 15 is 0 Å². The van der Waals surface area contributed by atoms with Gasteiger partial charge in [-0.2, -0.15) is 5.26 Å². The summed E-state index contributed by atoms with van der Waals surface area (Å²) in [6, 6.07) is 9.22. The molecular formula is C14H13NO4. The molecule has 0 spiro atoms. The van der Waals surface area contributed by atoms with Gasteiger partial charge in [0, 0.05) is 6.42 Å². The standard InChI is InChI=1S/C14H13NO4/c15-9-12-14(18-8-4-3-7-13(16)17)10-5-1-2-6-11(10)19-12/h1-2,5-6H,3-4,7-8H2,(H,16,17). The third kappa shape index (κ3) is 3.05. The molecule has 19 heavy (non-hydrogen) atoms. The van der Waals surface area contributed by atoms with E-state index in [1.807, 2.05) is 24.3 Å². The first-order valence-electron chi connectivity index (χ1n) is 5.98. The number of fused-ring (bicyclic) bond motifs is 1. The van der Waals surface area contributed by atoms with Gasteiger partial charge in [0.05, 0.1) is 12.0 Å². The molecule has 0 saturated carbocycles. The number of rotatable bonds is 6. The van der Waals surface area contributed by atoms with Gasteiger partial charge in [-0.05, 0) is 25.0 Å². The first kappa shape index (κ1) is 13.0. The lowest BCUT2D eigenvalue weighted by molar-refractivity contribution is -0.137. The minimum absolute atomic E-state index is 0.126. The van der Waals surface area contributed by atoms with E-state index in [0.29, 0.717) is 30.8 Å². The number of carboxylic acid groups (broad SMARTS) is 1. The van der Waals surface area contributed by atoms with Crippen molar-refractivity contribution in [1.82, 2.24) is 0 Å². The van der Waals surface area contributed by atoms with E-state index in [9.17, 15) is 4.79 Å². The molecule has 0 aliphatic carbocycles. The lowest BCUT2D eigenvalue weighted by Gasteiger charge is -2.03. The molecule has 2 aromatic rings. The molecule has 1 aromatic heterocycles. The molecule has 0 atom stereocenters. The minimum Gasteiger partial charge on any atom is -0.488 e. The highest BCUT2D eigenvalue weighted by Crippen LogP contribution is 2.32. The Kier molecular flexibility index (Phi) is 4.04. The normalized spacial score (nSPS) is 10.3. The van der Waals surface area contributed by atoms with Crippen molar-refractivity contribution in [2.24, 2.45) is 0 Å². The Bertz CT molecular complexity index is 624. The van der Waals surface area contributed by atoms with Crippen molar-refractivity contribution in [2.45, 2.75) is 19.3 Å². The zero-order valence-electron chi connectivity index (χ0n) is 10.3. The van der Waals surface area contributed by atoms with E-state index in [1.54, 1.807) is 6.07 Å². The molecule has 2 rings (SSSR count). The molecule has 0 bridgehead atoms. The van der Waals surface area contributed by atoms with Crippen LogP contribution in [0.4, 0.5) is 0 Å². The number of nitriles is 1. The van der Waals surface area contributed by atoms with Crippen LogP contribution in [0.1, 0.15) is 25.0 Å². The molecular weight excluding hydrogens is 246 g/mol. The zero-order valence-corrected chi connectivity index (χ0v) is 10.3. The number of hydrogen-bond donors (Lipinski definition) is 1. The zero-order chi connectivity index (χ0) is 13.7. The average Bonchev–Trinajstić information content (AvgIpc) is 2.76. The average molecular weight is 259 g/mol. The van der Waals surface area contributed by atoms with Gasteiger partial charge in [0.1, 0.15) is 11.7 Å². The number of carboxylic acids is 1. The van der Waals surface area contributed by atoms with Gasteiger partial charge in [-0.3, -0.25) is 4.79 Å². The fraction of sp³-hybridized carbons (Fsp3) is 0.286. The summed E-state index contributed by atoms with van der Waals surface area (Å²) in [6.45, 7) is 0.367. The third-order valence-corrected chi connectivity index (χ3v) is 2.68. The molecule has 5 heteroatoms. The van der Waals surface area contributed by atoms with E-state index in [2.05, 4.69) is 0 Å². The number of unbranched alkanes of at least 4 members (excludes halogenated alkanes) is 1. The summed E-state index contributed by atoms with van der Waals surface area (Å²) in [5, 5.41) is 18.3. The first-order valence-corrected chi connectivity index (χ1v) is 5.98. The largest absolute Gasteiger partial charge is 0.488 e.